The molecule has 1 heterocycles. The summed E-state index contributed by atoms with van der Waals surface area (Å²) >= 11 is 0. The number of hydrogen-bond acceptors (Lipinski definition) is 4. The van der Waals surface area contributed by atoms with Crippen molar-refractivity contribution in [2.24, 2.45) is 0 Å². The van der Waals surface area contributed by atoms with Crippen LogP contribution in [-0.2, 0) is 17.8 Å². The molecule has 0 saturated heterocycles. The molecule has 0 radical (unpaired) electrons. The van der Waals surface area contributed by atoms with Crippen molar-refractivity contribution < 1.29 is 9.32 Å². The van der Waals surface area contributed by atoms with E-state index in [9.17, 15) is 4.79 Å². The average Bonchev–Trinajstić information content (AvgIpc) is 3.13. The predicted octanol–water partition coefficient (Wildman–Crippen LogP) is 3.97. The third-order valence-corrected chi connectivity index (χ3v) is 4.50. The van der Waals surface area contributed by atoms with Crippen LogP contribution in [-0.4, -0.2) is 25.2 Å². The maximum atomic E-state index is 12.2. The Kier molecular flexibility index (Phi) is 5.91. The van der Waals surface area contributed by atoms with Crippen molar-refractivity contribution in [3.63, 3.8) is 0 Å². The molecule has 5 nitrogen and oxygen atoms in total. The van der Waals surface area contributed by atoms with E-state index in [-0.39, 0.29) is 5.91 Å². The summed E-state index contributed by atoms with van der Waals surface area (Å²) in [5, 5.41) is 7.09. The van der Waals surface area contributed by atoms with Gasteiger partial charge in [-0.1, -0.05) is 41.1 Å². The molecule has 3 rings (SSSR count). The van der Waals surface area contributed by atoms with Crippen molar-refractivity contribution in [3.8, 4) is 11.3 Å². The van der Waals surface area contributed by atoms with Gasteiger partial charge >= 0.3 is 0 Å². The molecule has 27 heavy (non-hydrogen) atoms. The van der Waals surface area contributed by atoms with Crippen molar-refractivity contribution in [1.82, 2.24) is 10.5 Å². The first-order valence-corrected chi connectivity index (χ1v) is 9.06. The van der Waals surface area contributed by atoms with Crippen LogP contribution in [0.1, 0.15) is 23.1 Å². The van der Waals surface area contributed by atoms with Crippen LogP contribution in [0.5, 0.6) is 0 Å². The number of nitrogens with zero attached hydrogens (tertiary/aromatic N) is 2. The highest BCUT2D eigenvalue weighted by molar-refractivity contribution is 5.76. The molecule has 5 heteroatoms. The first-order chi connectivity index (χ1) is 13.0. The summed E-state index contributed by atoms with van der Waals surface area (Å²) in [5.41, 5.74) is 6.16. The minimum absolute atomic E-state index is 0.0167. The lowest BCUT2D eigenvalue weighted by Gasteiger charge is -2.13. The summed E-state index contributed by atoms with van der Waals surface area (Å²) in [4.78, 5) is 14.3. The molecule has 1 N–H and O–H groups in total. The van der Waals surface area contributed by atoms with E-state index in [4.69, 9.17) is 4.52 Å². The number of carbonyl (C=O) groups is 1. The van der Waals surface area contributed by atoms with Crippen molar-refractivity contribution in [1.29, 1.82) is 0 Å². The summed E-state index contributed by atoms with van der Waals surface area (Å²) in [6.45, 7) is 2.57. The van der Waals surface area contributed by atoms with Gasteiger partial charge in [0, 0.05) is 43.9 Å². The van der Waals surface area contributed by atoms with Gasteiger partial charge < -0.3 is 14.7 Å². The van der Waals surface area contributed by atoms with Crippen LogP contribution < -0.4 is 10.2 Å². The zero-order valence-electron chi connectivity index (χ0n) is 16.0. The van der Waals surface area contributed by atoms with Crippen molar-refractivity contribution in [2.45, 2.75) is 26.3 Å². The fourth-order valence-corrected chi connectivity index (χ4v) is 2.91. The second-order valence-electron chi connectivity index (χ2n) is 6.90. The zero-order valence-corrected chi connectivity index (χ0v) is 16.0. The Hall–Kier alpha value is -3.08. The number of hydrogen-bond donors (Lipinski definition) is 1. The molecule has 0 bridgehead atoms. The van der Waals surface area contributed by atoms with Crippen LogP contribution in [0.2, 0.25) is 0 Å². The van der Waals surface area contributed by atoms with E-state index in [2.05, 4.69) is 16.5 Å². The molecular weight excluding hydrogens is 338 g/mol. The standard InChI is InChI=1S/C22H25N3O2/c1-16-5-4-6-18(13-16)22-19(15-27-24-22)9-12-21(26)23-14-17-7-10-20(11-8-17)25(2)3/h4-8,10-11,13,15H,9,12,14H2,1-3H3,(H,23,26). The molecule has 0 fully saturated rings. The van der Waals surface area contributed by atoms with E-state index >= 15 is 0 Å². The predicted molar refractivity (Wildman–Crippen MR) is 108 cm³/mol. The molecule has 1 aromatic heterocycles. The highest BCUT2D eigenvalue weighted by Gasteiger charge is 2.12. The van der Waals surface area contributed by atoms with Crippen LogP contribution in [0, 0.1) is 6.92 Å². The Morgan fingerprint density at radius 2 is 1.93 bits per heavy atom. The van der Waals surface area contributed by atoms with E-state index < -0.39 is 0 Å². The maximum absolute atomic E-state index is 12.2. The van der Waals surface area contributed by atoms with Crippen molar-refractivity contribution >= 4 is 11.6 Å². The van der Waals surface area contributed by atoms with Gasteiger partial charge in [0.15, 0.2) is 0 Å². The molecule has 0 aliphatic carbocycles. The van der Waals surface area contributed by atoms with Gasteiger partial charge in [-0.2, -0.15) is 0 Å². The number of carbonyl (C=O) groups excluding carboxylic acids is 1. The number of anilines is 1. The highest BCUT2D eigenvalue weighted by Crippen LogP contribution is 2.24. The summed E-state index contributed by atoms with van der Waals surface area (Å²) in [7, 11) is 4.01. The van der Waals surface area contributed by atoms with Crippen molar-refractivity contribution in [2.75, 3.05) is 19.0 Å². The van der Waals surface area contributed by atoms with Gasteiger partial charge in [0.2, 0.25) is 5.91 Å². The summed E-state index contributed by atoms with van der Waals surface area (Å²) < 4.78 is 5.15. The number of nitrogens with one attached hydrogen (secondary N) is 1. The Morgan fingerprint density at radius 3 is 2.63 bits per heavy atom. The molecular formula is C22H25N3O2. The Balaban J connectivity index is 1.53. The fraction of sp³-hybridized carbons (Fsp3) is 0.273. The average molecular weight is 363 g/mol. The van der Waals surface area contributed by atoms with Crippen LogP contribution in [0.15, 0.2) is 59.3 Å². The zero-order chi connectivity index (χ0) is 19.2. The lowest BCUT2D eigenvalue weighted by Crippen LogP contribution is -2.23. The third-order valence-electron chi connectivity index (χ3n) is 4.50. The number of amides is 1. The molecule has 0 saturated carbocycles. The minimum Gasteiger partial charge on any atom is -0.378 e. The number of aromatic nitrogens is 1. The van der Waals surface area contributed by atoms with Gasteiger partial charge in [-0.05, 0) is 37.1 Å². The van der Waals surface area contributed by atoms with Gasteiger partial charge in [0.25, 0.3) is 0 Å². The molecule has 0 aliphatic rings. The third kappa shape index (κ3) is 4.97. The lowest BCUT2D eigenvalue weighted by atomic mass is 10.0. The first kappa shape index (κ1) is 18.7. The number of benzene rings is 2. The smallest absolute Gasteiger partial charge is 0.220 e. The number of aryl methyl sites for hydroxylation is 2. The second-order valence-corrected chi connectivity index (χ2v) is 6.90. The Morgan fingerprint density at radius 1 is 1.15 bits per heavy atom. The normalized spacial score (nSPS) is 10.6. The Labute approximate surface area is 160 Å². The van der Waals surface area contributed by atoms with Crippen LogP contribution >= 0.6 is 0 Å². The SMILES string of the molecule is Cc1cccc(-c2nocc2CCC(=O)NCc2ccc(N(C)C)cc2)c1. The molecule has 1 amide bonds. The van der Waals surface area contributed by atoms with Crippen molar-refractivity contribution in [3.05, 3.63) is 71.5 Å². The van der Waals surface area contributed by atoms with E-state index in [1.165, 1.54) is 5.56 Å². The lowest BCUT2D eigenvalue weighted by molar-refractivity contribution is -0.121. The minimum atomic E-state index is 0.0167. The van der Waals surface area contributed by atoms with Gasteiger partial charge in [0.05, 0.1) is 0 Å². The fourth-order valence-electron chi connectivity index (χ4n) is 2.91. The van der Waals surface area contributed by atoms with Gasteiger partial charge in [-0.15, -0.1) is 0 Å². The molecule has 2 aromatic carbocycles. The summed E-state index contributed by atoms with van der Waals surface area (Å²) in [5.74, 6) is 0.0167. The molecule has 0 unspecified atom stereocenters. The molecule has 0 aliphatic heterocycles. The van der Waals surface area contributed by atoms with Gasteiger partial charge in [-0.3, -0.25) is 4.79 Å². The van der Waals surface area contributed by atoms with Gasteiger partial charge in [-0.25, -0.2) is 0 Å². The van der Waals surface area contributed by atoms with E-state index in [0.29, 0.717) is 19.4 Å². The monoisotopic (exact) mass is 363 g/mol. The largest absolute Gasteiger partial charge is 0.378 e. The number of rotatable bonds is 7. The summed E-state index contributed by atoms with van der Waals surface area (Å²) in [6, 6.07) is 16.3. The Bertz CT molecular complexity index is 898. The van der Waals surface area contributed by atoms with Crippen LogP contribution in [0.3, 0.4) is 0 Å². The second kappa shape index (κ2) is 8.54. The first-order valence-electron chi connectivity index (χ1n) is 9.06. The molecule has 3 aromatic rings. The topological polar surface area (TPSA) is 58.4 Å². The highest BCUT2D eigenvalue weighted by atomic mass is 16.5. The molecule has 140 valence electrons. The van der Waals surface area contributed by atoms with Crippen LogP contribution in [0.25, 0.3) is 11.3 Å². The van der Waals surface area contributed by atoms with E-state index in [0.717, 1.165) is 28.1 Å². The van der Waals surface area contributed by atoms with Gasteiger partial charge in [0.1, 0.15) is 12.0 Å². The molecule has 0 atom stereocenters. The maximum Gasteiger partial charge on any atom is 0.220 e. The van der Waals surface area contributed by atoms with Crippen LogP contribution in [0.4, 0.5) is 5.69 Å². The quantitative estimate of drug-likeness (QED) is 0.690. The van der Waals surface area contributed by atoms with E-state index in [1.54, 1.807) is 6.26 Å². The summed E-state index contributed by atoms with van der Waals surface area (Å²) in [6.07, 6.45) is 2.62. The molecule has 0 spiro atoms. The van der Waals surface area contributed by atoms with E-state index in [1.807, 2.05) is 68.4 Å².